The van der Waals surface area contributed by atoms with Crippen molar-refractivity contribution in [2.75, 3.05) is 0 Å². The Hall–Kier alpha value is -1.81. The Morgan fingerprint density at radius 3 is 2.85 bits per heavy atom. The van der Waals surface area contributed by atoms with Crippen LogP contribution in [0.25, 0.3) is 10.1 Å². The molecule has 136 valence electrons. The lowest BCUT2D eigenvalue weighted by molar-refractivity contribution is 0.0849. The van der Waals surface area contributed by atoms with Crippen LogP contribution >= 0.6 is 35.3 Å². The van der Waals surface area contributed by atoms with Crippen LogP contribution in [0.2, 0.25) is 0 Å². The third-order valence-corrected chi connectivity index (χ3v) is 6.82. The number of aryl methyl sites for hydroxylation is 1. The number of fused-ring (bicyclic) bond motifs is 1. The third kappa shape index (κ3) is 3.39. The molecule has 2 N–H and O–H groups in total. The van der Waals surface area contributed by atoms with Gasteiger partial charge in [0.2, 0.25) is 0 Å². The maximum absolute atomic E-state index is 13.9. The molecular weight excluding hydrogens is 453 g/mol. The number of nitrogens with one attached hydrogen (secondary N) is 1. The smallest absolute Gasteiger partial charge is 0.346 e. The monoisotopic (exact) mass is 463 g/mol. The van der Waals surface area contributed by atoms with Crippen LogP contribution in [0.4, 0.5) is 8.78 Å². The Labute approximate surface area is 159 Å². The van der Waals surface area contributed by atoms with E-state index in [1.807, 2.05) is 0 Å². The van der Waals surface area contributed by atoms with Gasteiger partial charge in [-0.1, -0.05) is 5.21 Å². The largest absolute Gasteiger partial charge is 0.590 e. The van der Waals surface area contributed by atoms with Gasteiger partial charge in [-0.05, 0) is 38.7 Å². The summed E-state index contributed by atoms with van der Waals surface area (Å²) in [4.78, 5) is 20.6. The topological polar surface area (TPSA) is 97.1 Å². The van der Waals surface area contributed by atoms with Gasteiger partial charge in [0.25, 0.3) is 5.91 Å². The maximum atomic E-state index is 13.9. The van der Waals surface area contributed by atoms with Crippen molar-refractivity contribution in [1.82, 2.24) is 20.3 Å². The molecule has 0 fully saturated rings. The summed E-state index contributed by atoms with van der Waals surface area (Å²) in [5.74, 6) is -0.396. The fraction of sp³-hybridized carbons (Fsp3) is 0.214. The summed E-state index contributed by atoms with van der Waals surface area (Å²) in [6.07, 6.45) is 1.52. The van der Waals surface area contributed by atoms with Crippen LogP contribution in [0.15, 0.2) is 28.9 Å². The van der Waals surface area contributed by atoms with E-state index in [0.29, 0.717) is 27.1 Å². The van der Waals surface area contributed by atoms with E-state index in [4.69, 9.17) is 4.89 Å². The molecule has 1 unspecified atom stereocenters. The second-order valence-electron chi connectivity index (χ2n) is 5.30. The van der Waals surface area contributed by atoms with Crippen molar-refractivity contribution in [3.8, 4) is 0 Å². The van der Waals surface area contributed by atoms with Crippen molar-refractivity contribution in [3.05, 3.63) is 45.0 Å². The van der Waals surface area contributed by atoms with Gasteiger partial charge >= 0.3 is 13.7 Å². The molecule has 26 heavy (non-hydrogen) atoms. The van der Waals surface area contributed by atoms with Gasteiger partial charge in [0.05, 0.1) is 22.9 Å². The van der Waals surface area contributed by atoms with Gasteiger partial charge in [-0.25, -0.2) is 0 Å². The first kappa shape index (κ1) is 19.0. The molecule has 1 aromatic carbocycles. The Bertz CT molecular complexity index is 1020. The fourth-order valence-electron chi connectivity index (χ4n) is 2.23. The number of thiophene rings is 1. The first-order chi connectivity index (χ1) is 12.2. The van der Waals surface area contributed by atoms with Crippen molar-refractivity contribution in [2.45, 2.75) is 12.2 Å². The highest BCUT2D eigenvalue weighted by molar-refractivity contribution is 9.10. The zero-order valence-electron chi connectivity index (χ0n) is 13.1. The lowest BCUT2D eigenvalue weighted by atomic mass is 10.1. The molecule has 0 radical (unpaired) electrons. The summed E-state index contributed by atoms with van der Waals surface area (Å²) in [7, 11) is -2.03. The van der Waals surface area contributed by atoms with Crippen LogP contribution in [0.5, 0.6) is 0 Å². The van der Waals surface area contributed by atoms with E-state index in [1.54, 1.807) is 7.05 Å². The number of carbonyl (C=O) groups is 1. The molecule has 1 amide bonds. The number of halogens is 3. The van der Waals surface area contributed by atoms with Crippen molar-refractivity contribution in [2.24, 2.45) is 7.05 Å². The summed E-state index contributed by atoms with van der Waals surface area (Å²) in [6.45, 7) is 0.208. The molecule has 3 rings (SSSR count). The highest BCUT2D eigenvalue weighted by atomic mass is 79.9. The normalized spacial score (nSPS) is 12.4. The molecule has 0 saturated heterocycles. The van der Waals surface area contributed by atoms with E-state index in [0.717, 1.165) is 0 Å². The van der Waals surface area contributed by atoms with Crippen LogP contribution in [-0.4, -0.2) is 25.8 Å². The Morgan fingerprint density at radius 2 is 2.23 bits per heavy atom. The zero-order valence-corrected chi connectivity index (χ0v) is 16.4. The number of amides is 1. The number of benzene rings is 1. The number of aromatic nitrogens is 3. The fourth-order valence-corrected chi connectivity index (χ4v) is 4.94. The molecule has 0 bridgehead atoms. The van der Waals surface area contributed by atoms with Crippen molar-refractivity contribution in [3.63, 3.8) is 0 Å². The summed E-state index contributed by atoms with van der Waals surface area (Å²) in [5.41, 5.74) is -2.90. The van der Waals surface area contributed by atoms with Gasteiger partial charge < -0.3 is 5.32 Å². The van der Waals surface area contributed by atoms with E-state index in [-0.39, 0.29) is 16.6 Å². The summed E-state index contributed by atoms with van der Waals surface area (Å²) < 4.78 is 40.8. The molecule has 0 spiro atoms. The first-order valence-electron chi connectivity index (χ1n) is 7.10. The summed E-state index contributed by atoms with van der Waals surface area (Å²) in [6, 6.07) is 4.48. The summed E-state index contributed by atoms with van der Waals surface area (Å²) >= 11 is 3.76. The molecule has 0 aliphatic heterocycles. The zero-order chi connectivity index (χ0) is 19.1. The Kier molecular flexibility index (Phi) is 5.16. The van der Waals surface area contributed by atoms with E-state index < -0.39 is 24.5 Å². The molecule has 0 aliphatic rings. The Morgan fingerprint density at radius 1 is 1.50 bits per heavy atom. The predicted octanol–water partition coefficient (Wildman–Crippen LogP) is 3.51. The molecule has 0 aliphatic carbocycles. The molecule has 1 atom stereocenters. The second-order valence-corrected chi connectivity index (χ2v) is 8.25. The van der Waals surface area contributed by atoms with E-state index in [2.05, 4.69) is 31.6 Å². The van der Waals surface area contributed by atoms with Gasteiger partial charge in [0, 0.05) is 22.7 Å². The van der Waals surface area contributed by atoms with E-state index in [1.165, 1.54) is 29.1 Å². The van der Waals surface area contributed by atoms with Gasteiger partial charge in [0.1, 0.15) is 4.88 Å². The van der Waals surface area contributed by atoms with Gasteiger partial charge in [-0.2, -0.15) is 4.89 Å². The average molecular weight is 464 g/mol. The van der Waals surface area contributed by atoms with Crippen LogP contribution in [0.3, 0.4) is 0 Å². The number of hydrogen-bond donors (Lipinski definition) is 2. The van der Waals surface area contributed by atoms with Gasteiger partial charge in [0.15, 0.2) is 0 Å². The highest BCUT2D eigenvalue weighted by Gasteiger charge is 2.56. The SMILES string of the molecule is Cn1nncc1CNC(=O)c1ccc2sc(C(F)(F)[P+](=O)O)c(Br)c2c1. The summed E-state index contributed by atoms with van der Waals surface area (Å²) in [5, 5.41) is 10.5. The predicted molar refractivity (Wildman–Crippen MR) is 95.4 cm³/mol. The number of rotatable bonds is 5. The van der Waals surface area contributed by atoms with Gasteiger partial charge in [-0.3, -0.25) is 9.48 Å². The molecule has 3 aromatic rings. The minimum Gasteiger partial charge on any atom is -0.346 e. The molecule has 12 heteroatoms. The highest BCUT2D eigenvalue weighted by Crippen LogP contribution is 2.54. The van der Waals surface area contributed by atoms with Crippen LogP contribution < -0.4 is 5.32 Å². The number of carbonyl (C=O) groups excluding carboxylic acids is 1. The van der Waals surface area contributed by atoms with Gasteiger partial charge in [-0.15, -0.1) is 25.2 Å². The first-order valence-corrected chi connectivity index (χ1v) is 9.92. The molecule has 2 heterocycles. The van der Waals surface area contributed by atoms with Crippen molar-refractivity contribution in [1.29, 1.82) is 0 Å². The second kappa shape index (κ2) is 7.07. The molecular formula is C14H11BrF2N4O3PS+. The standard InChI is InChI=1S/C14H10BrF2N4O3PS/c1-21-8(6-19-20-21)5-18-13(22)7-2-3-10-9(4-7)11(15)12(26-10)14(16,17)25(23)24/h2-4,6H,5H2,1H3,(H-,18,22,23,24)/p+1. The van der Waals surface area contributed by atoms with E-state index >= 15 is 0 Å². The van der Waals surface area contributed by atoms with Crippen molar-refractivity contribution >= 4 is 51.3 Å². The number of alkyl halides is 2. The van der Waals surface area contributed by atoms with Crippen LogP contribution in [-0.2, 0) is 23.8 Å². The minimum absolute atomic E-state index is 0.00499. The molecule has 7 nitrogen and oxygen atoms in total. The third-order valence-electron chi connectivity index (χ3n) is 3.64. The Balaban J connectivity index is 1.89. The van der Waals surface area contributed by atoms with Crippen molar-refractivity contribution < 1.29 is 23.0 Å². The maximum Gasteiger partial charge on any atom is 0.590 e. The van der Waals surface area contributed by atoms with Crippen LogP contribution in [0, 0.1) is 0 Å². The number of nitrogens with zero attached hydrogens (tertiary/aromatic N) is 3. The molecule has 0 saturated carbocycles. The van der Waals surface area contributed by atoms with E-state index in [9.17, 15) is 18.1 Å². The lowest BCUT2D eigenvalue weighted by Gasteiger charge is -2.05. The van der Waals surface area contributed by atoms with Crippen LogP contribution in [0.1, 0.15) is 20.9 Å². The average Bonchev–Trinajstić information content (AvgIpc) is 3.16. The number of hydrogen-bond acceptors (Lipinski definition) is 5. The minimum atomic E-state index is -3.87. The quantitative estimate of drug-likeness (QED) is 0.564. The molecule has 2 aromatic heterocycles. The lowest BCUT2D eigenvalue weighted by Crippen LogP contribution is -2.23.